The minimum absolute atomic E-state index is 0.396. The molecule has 46 heavy (non-hydrogen) atoms. The Balaban J connectivity index is 1.57. The molecule has 9 aromatic rings. The van der Waals surface area contributed by atoms with E-state index in [4.69, 9.17) is 8.83 Å². The van der Waals surface area contributed by atoms with E-state index in [2.05, 4.69) is 26.0 Å². The lowest BCUT2D eigenvalue weighted by molar-refractivity contribution is 0.488. The van der Waals surface area contributed by atoms with Gasteiger partial charge in [-0.1, -0.05) is 70.6 Å². The highest BCUT2D eigenvalue weighted by Crippen LogP contribution is 2.52. The molecule has 9 rings (SSSR count). The molecule has 6 heteroatoms. The molecule has 0 aliphatic rings. The Morgan fingerprint density at radius 3 is 1.74 bits per heavy atom. The maximum Gasteiger partial charge on any atom is 0.346 e. The van der Waals surface area contributed by atoms with Crippen LogP contribution in [0.4, 0.5) is 0 Å². The van der Waals surface area contributed by atoms with Gasteiger partial charge in [-0.2, -0.15) is 0 Å². The van der Waals surface area contributed by atoms with Crippen LogP contribution >= 0.6 is 0 Å². The van der Waals surface area contributed by atoms with Crippen LogP contribution in [0.5, 0.6) is 0 Å². The topological polar surface area (TPSA) is 94.6 Å². The molecule has 0 atom stereocenters. The summed E-state index contributed by atoms with van der Waals surface area (Å²) in [6, 6.07) is 11.9. The Kier molecular flexibility index (Phi) is 5.87. The molecule has 2 heterocycles. The lowest BCUT2D eigenvalue weighted by Crippen LogP contribution is -2.15. The predicted molar refractivity (Wildman–Crippen MR) is 188 cm³/mol. The van der Waals surface area contributed by atoms with Crippen molar-refractivity contribution in [3.05, 3.63) is 89.2 Å². The van der Waals surface area contributed by atoms with Gasteiger partial charge in [0.05, 0.1) is 21.5 Å². The first kappa shape index (κ1) is 27.5. The quantitative estimate of drug-likeness (QED) is 0.0874. The monoisotopic (exact) mass is 608 g/mol. The van der Waals surface area contributed by atoms with Crippen LogP contribution in [0.2, 0.25) is 0 Å². The Bertz CT molecular complexity index is 2830. The van der Waals surface area contributed by atoms with Gasteiger partial charge in [-0.15, -0.1) is 0 Å². The molecule has 0 radical (unpaired) electrons. The van der Waals surface area contributed by atoms with Gasteiger partial charge in [-0.25, -0.2) is 19.2 Å². The van der Waals surface area contributed by atoms with E-state index in [-0.39, 0.29) is 0 Å². The molecule has 2 aromatic heterocycles. The second-order valence-electron chi connectivity index (χ2n) is 13.2. The summed E-state index contributed by atoms with van der Waals surface area (Å²) >= 11 is 0. The van der Waals surface area contributed by atoms with Gasteiger partial charge in [-0.3, -0.25) is 0 Å². The molecule has 0 unspecified atom stereocenters. The first-order chi connectivity index (χ1) is 22.4. The zero-order valence-electron chi connectivity index (χ0n) is 26.0. The maximum atomic E-state index is 13.7. The standard InChI is InChI=1S/C40H32O6/c1-3-5-7-9-11-19-15-21-17-26-33-34(40(44)46-38(26)42)22(12-10-8-6-4-2)23-14-13-20-16-25-30-27(39(43)45-37(25)41)18-24(19)32-29(21)36(33)31(23)28(20)35(30)32/h13-18H,3-12H2,1-2H3. The van der Waals surface area contributed by atoms with Crippen molar-refractivity contribution in [1.82, 2.24) is 0 Å². The first-order valence-corrected chi connectivity index (χ1v) is 16.7. The van der Waals surface area contributed by atoms with E-state index >= 15 is 0 Å². The predicted octanol–water partition coefficient (Wildman–Crippen LogP) is 8.97. The normalized spacial score (nSPS) is 12.9. The van der Waals surface area contributed by atoms with E-state index in [0.29, 0.717) is 38.7 Å². The summed E-state index contributed by atoms with van der Waals surface area (Å²) in [4.78, 5) is 53.7. The van der Waals surface area contributed by atoms with Crippen molar-refractivity contribution >= 4 is 86.2 Å². The van der Waals surface area contributed by atoms with Gasteiger partial charge in [0.25, 0.3) is 0 Å². The lowest BCUT2D eigenvalue weighted by Gasteiger charge is -2.25. The second-order valence-corrected chi connectivity index (χ2v) is 13.2. The van der Waals surface area contributed by atoms with Crippen LogP contribution in [-0.2, 0) is 12.8 Å². The largest absolute Gasteiger partial charge is 0.386 e. The van der Waals surface area contributed by atoms with Crippen molar-refractivity contribution in [1.29, 1.82) is 0 Å². The van der Waals surface area contributed by atoms with Crippen molar-refractivity contribution in [3.63, 3.8) is 0 Å². The zero-order valence-corrected chi connectivity index (χ0v) is 26.0. The third-order valence-corrected chi connectivity index (χ3v) is 10.6. The van der Waals surface area contributed by atoms with Gasteiger partial charge in [-0.05, 0) is 98.1 Å². The molecule has 0 saturated heterocycles. The Morgan fingerprint density at radius 1 is 0.435 bits per heavy atom. The van der Waals surface area contributed by atoms with Crippen molar-refractivity contribution in [2.75, 3.05) is 0 Å². The average molecular weight is 609 g/mol. The van der Waals surface area contributed by atoms with E-state index in [0.717, 1.165) is 123 Å². The van der Waals surface area contributed by atoms with Gasteiger partial charge < -0.3 is 8.83 Å². The summed E-state index contributed by atoms with van der Waals surface area (Å²) in [6.07, 6.45) is 9.98. The van der Waals surface area contributed by atoms with Gasteiger partial charge >= 0.3 is 22.5 Å². The van der Waals surface area contributed by atoms with Gasteiger partial charge in [0.15, 0.2) is 0 Å². The smallest absolute Gasteiger partial charge is 0.346 e. The van der Waals surface area contributed by atoms with E-state index in [1.54, 1.807) is 0 Å². The van der Waals surface area contributed by atoms with Crippen LogP contribution in [0.3, 0.4) is 0 Å². The lowest BCUT2D eigenvalue weighted by atomic mass is 9.77. The fourth-order valence-electron chi connectivity index (χ4n) is 8.65. The van der Waals surface area contributed by atoms with Crippen LogP contribution in [-0.4, -0.2) is 0 Å². The summed E-state index contributed by atoms with van der Waals surface area (Å²) in [5.41, 5.74) is -0.456. The number of unbranched alkanes of at least 4 members (excludes halogenated alkanes) is 6. The van der Waals surface area contributed by atoms with Gasteiger partial charge in [0.1, 0.15) is 0 Å². The van der Waals surface area contributed by atoms with Crippen molar-refractivity contribution in [3.8, 4) is 0 Å². The van der Waals surface area contributed by atoms with Crippen LogP contribution in [0, 0.1) is 0 Å². The summed E-state index contributed by atoms with van der Waals surface area (Å²) in [5.74, 6) is 0. The average Bonchev–Trinajstić information content (AvgIpc) is 3.05. The van der Waals surface area contributed by atoms with Crippen LogP contribution < -0.4 is 22.5 Å². The number of hydrogen-bond acceptors (Lipinski definition) is 6. The van der Waals surface area contributed by atoms with Gasteiger partial charge in [0, 0.05) is 21.5 Å². The Labute approximate surface area is 261 Å². The minimum Gasteiger partial charge on any atom is -0.386 e. The molecule has 0 N–H and O–H groups in total. The highest BCUT2D eigenvalue weighted by Gasteiger charge is 2.29. The molecule has 0 aliphatic heterocycles. The summed E-state index contributed by atoms with van der Waals surface area (Å²) in [5, 5.41) is 12.4. The first-order valence-electron chi connectivity index (χ1n) is 16.7. The molecule has 228 valence electrons. The molecule has 7 aromatic carbocycles. The molecule has 0 fully saturated rings. The number of benzene rings is 7. The summed E-state index contributed by atoms with van der Waals surface area (Å²) in [7, 11) is 0. The maximum absolute atomic E-state index is 13.7. The fraction of sp³-hybridized carbons (Fsp3) is 0.300. The van der Waals surface area contributed by atoms with Crippen molar-refractivity contribution < 1.29 is 8.83 Å². The van der Waals surface area contributed by atoms with Gasteiger partial charge in [0.2, 0.25) is 0 Å². The van der Waals surface area contributed by atoms with Crippen LogP contribution in [0.15, 0.2) is 64.4 Å². The van der Waals surface area contributed by atoms with E-state index in [1.807, 2.05) is 24.3 Å². The second kappa shape index (κ2) is 9.83. The molecule has 0 amide bonds. The SMILES string of the molecule is CCCCCCc1cc2cc3c(=O)oc(=O)c4c(CCCCCC)c5ccc6cc7c(=O)oc(=O)c8cc1c1c2c(c34)c5c6c1c78. The molecule has 0 spiro atoms. The zero-order chi connectivity index (χ0) is 31.4. The van der Waals surface area contributed by atoms with E-state index in [1.165, 1.54) is 0 Å². The molecular weight excluding hydrogens is 576 g/mol. The van der Waals surface area contributed by atoms with Crippen molar-refractivity contribution in [2.24, 2.45) is 0 Å². The minimum atomic E-state index is -0.633. The third kappa shape index (κ3) is 3.47. The Morgan fingerprint density at radius 2 is 1.00 bits per heavy atom. The molecule has 0 aliphatic carbocycles. The van der Waals surface area contributed by atoms with Crippen LogP contribution in [0.1, 0.15) is 76.3 Å². The number of aryl methyl sites for hydroxylation is 2. The molecule has 6 nitrogen and oxygen atoms in total. The fourth-order valence-corrected chi connectivity index (χ4v) is 8.65. The molecule has 0 saturated carbocycles. The summed E-state index contributed by atoms with van der Waals surface area (Å²) < 4.78 is 10.7. The van der Waals surface area contributed by atoms with E-state index < -0.39 is 22.5 Å². The summed E-state index contributed by atoms with van der Waals surface area (Å²) in [6.45, 7) is 4.36. The third-order valence-electron chi connectivity index (χ3n) is 10.6. The number of rotatable bonds is 10. The Hall–Kier alpha value is -4.84. The molecular formula is C40H32O6. The highest BCUT2D eigenvalue weighted by molar-refractivity contribution is 6.50. The highest BCUT2D eigenvalue weighted by atomic mass is 16.4. The van der Waals surface area contributed by atoms with E-state index in [9.17, 15) is 19.2 Å². The van der Waals surface area contributed by atoms with Crippen molar-refractivity contribution in [2.45, 2.75) is 78.1 Å². The molecule has 0 bridgehead atoms. The van der Waals surface area contributed by atoms with Crippen LogP contribution in [0.25, 0.3) is 86.2 Å². The number of hydrogen-bond donors (Lipinski definition) is 0.